The zero-order valence-corrected chi connectivity index (χ0v) is 15.8. The van der Waals surface area contributed by atoms with Crippen molar-refractivity contribution in [3.63, 3.8) is 0 Å². The van der Waals surface area contributed by atoms with Crippen molar-refractivity contribution in [3.8, 4) is 5.75 Å². The third-order valence-corrected chi connectivity index (χ3v) is 5.32. The Balaban J connectivity index is 1.59. The van der Waals surface area contributed by atoms with Gasteiger partial charge in [0, 0.05) is 6.54 Å². The van der Waals surface area contributed by atoms with E-state index in [9.17, 15) is 26.4 Å². The monoisotopic (exact) mass is 430 g/mol. The molecule has 0 saturated heterocycles. The lowest BCUT2D eigenvalue weighted by atomic mass is 10.1. The molecular weight excluding hydrogens is 413 g/mol. The molecule has 0 aliphatic carbocycles. The van der Waals surface area contributed by atoms with Gasteiger partial charge in [-0.2, -0.15) is 13.2 Å². The number of nitrogens with one attached hydrogen (secondary N) is 2. The van der Waals surface area contributed by atoms with Crippen molar-refractivity contribution in [2.45, 2.75) is 24.2 Å². The summed E-state index contributed by atoms with van der Waals surface area (Å²) in [5.41, 5.74) is 1.42. The lowest BCUT2D eigenvalue weighted by Gasteiger charge is -2.18. The second-order valence-corrected chi connectivity index (χ2v) is 8.01. The first-order valence-electron chi connectivity index (χ1n) is 8.41. The minimum Gasteiger partial charge on any atom is -0.482 e. The molecule has 11 heteroatoms. The molecule has 0 bridgehead atoms. The molecule has 0 unspecified atom stereocenters. The molecule has 0 fully saturated rings. The zero-order chi connectivity index (χ0) is 21.1. The number of rotatable bonds is 7. The molecular formula is C18H17F3N2O5S. The van der Waals surface area contributed by atoms with Crippen molar-refractivity contribution < 1.29 is 35.9 Å². The molecule has 29 heavy (non-hydrogen) atoms. The highest BCUT2D eigenvalue weighted by Crippen LogP contribution is 2.30. The van der Waals surface area contributed by atoms with Crippen LogP contribution in [0, 0.1) is 0 Å². The SMILES string of the molecule is O=C1COc2ccc(S(=O)(=O)NCc3ccc(COCC(F)(F)F)cc3)cc2N1. The Hall–Kier alpha value is -2.63. The van der Waals surface area contributed by atoms with Crippen LogP contribution in [-0.4, -0.2) is 33.7 Å². The van der Waals surface area contributed by atoms with Gasteiger partial charge >= 0.3 is 6.18 Å². The second-order valence-electron chi connectivity index (χ2n) is 6.24. The van der Waals surface area contributed by atoms with E-state index in [1.54, 1.807) is 24.3 Å². The smallest absolute Gasteiger partial charge is 0.411 e. The first kappa shape index (κ1) is 21.1. The fourth-order valence-corrected chi connectivity index (χ4v) is 3.57. The van der Waals surface area contributed by atoms with Crippen molar-refractivity contribution in [3.05, 3.63) is 53.6 Å². The summed E-state index contributed by atoms with van der Waals surface area (Å²) in [5, 5.41) is 2.54. The summed E-state index contributed by atoms with van der Waals surface area (Å²) < 4.78 is 73.4. The fourth-order valence-electron chi connectivity index (χ4n) is 2.53. The summed E-state index contributed by atoms with van der Waals surface area (Å²) in [6.45, 7) is -1.68. The largest absolute Gasteiger partial charge is 0.482 e. The minimum absolute atomic E-state index is 0.0219. The average molecular weight is 430 g/mol. The molecule has 2 aromatic rings. The number of carbonyl (C=O) groups is 1. The topological polar surface area (TPSA) is 93.7 Å². The van der Waals surface area contributed by atoms with Gasteiger partial charge in [0.05, 0.1) is 17.2 Å². The quantitative estimate of drug-likeness (QED) is 0.704. The predicted octanol–water partition coefficient (Wildman–Crippen LogP) is 2.57. The van der Waals surface area contributed by atoms with Crippen LogP contribution in [-0.2, 0) is 32.7 Å². The van der Waals surface area contributed by atoms with Gasteiger partial charge < -0.3 is 14.8 Å². The van der Waals surface area contributed by atoms with Crippen LogP contribution in [0.4, 0.5) is 18.9 Å². The Morgan fingerprint density at radius 2 is 1.79 bits per heavy atom. The van der Waals surface area contributed by atoms with E-state index < -0.39 is 22.8 Å². The molecule has 1 aliphatic rings. The summed E-state index contributed by atoms with van der Waals surface area (Å²) in [7, 11) is -3.86. The van der Waals surface area contributed by atoms with Gasteiger partial charge in [0.2, 0.25) is 10.0 Å². The molecule has 2 aromatic carbocycles. The number of benzene rings is 2. The van der Waals surface area contributed by atoms with E-state index in [1.165, 1.54) is 18.2 Å². The van der Waals surface area contributed by atoms with Crippen LogP contribution < -0.4 is 14.8 Å². The number of ether oxygens (including phenoxy) is 2. The highest BCUT2D eigenvalue weighted by molar-refractivity contribution is 7.89. The number of hydrogen-bond acceptors (Lipinski definition) is 5. The third-order valence-electron chi connectivity index (χ3n) is 3.92. The van der Waals surface area contributed by atoms with Crippen LogP contribution in [0.15, 0.2) is 47.4 Å². The summed E-state index contributed by atoms with van der Waals surface area (Å²) in [6.07, 6.45) is -4.39. The van der Waals surface area contributed by atoms with Crippen LogP contribution in [0.1, 0.15) is 11.1 Å². The molecule has 0 saturated carbocycles. The van der Waals surface area contributed by atoms with Crippen molar-refractivity contribution in [1.29, 1.82) is 0 Å². The van der Waals surface area contributed by atoms with E-state index in [0.717, 1.165) is 0 Å². The van der Waals surface area contributed by atoms with E-state index >= 15 is 0 Å². The molecule has 0 atom stereocenters. The molecule has 2 N–H and O–H groups in total. The standard InChI is InChI=1S/C18H17F3N2O5S/c19-18(20,21)11-27-9-13-3-1-12(2-4-13)8-22-29(25,26)14-5-6-16-15(7-14)23-17(24)10-28-16/h1-7,22H,8-11H2,(H,23,24). The Morgan fingerprint density at radius 1 is 1.10 bits per heavy atom. The summed E-state index contributed by atoms with van der Waals surface area (Å²) in [4.78, 5) is 11.3. The van der Waals surface area contributed by atoms with Gasteiger partial charge in [-0.05, 0) is 29.3 Å². The molecule has 1 heterocycles. The maximum absolute atomic E-state index is 12.5. The van der Waals surface area contributed by atoms with E-state index in [1.807, 2.05) is 0 Å². The first-order chi connectivity index (χ1) is 13.6. The van der Waals surface area contributed by atoms with E-state index in [0.29, 0.717) is 16.9 Å². The molecule has 0 aromatic heterocycles. The lowest BCUT2D eigenvalue weighted by molar-refractivity contribution is -0.176. The van der Waals surface area contributed by atoms with Crippen molar-refractivity contribution in [1.82, 2.24) is 4.72 Å². The average Bonchev–Trinajstić information content (AvgIpc) is 2.66. The summed E-state index contributed by atoms with van der Waals surface area (Å²) >= 11 is 0. The number of alkyl halides is 3. The minimum atomic E-state index is -4.39. The molecule has 0 spiro atoms. The number of halogens is 3. The number of sulfonamides is 1. The molecule has 7 nitrogen and oxygen atoms in total. The fraction of sp³-hybridized carbons (Fsp3) is 0.278. The van der Waals surface area contributed by atoms with Crippen LogP contribution in [0.5, 0.6) is 5.75 Å². The highest BCUT2D eigenvalue weighted by atomic mass is 32.2. The first-order valence-corrected chi connectivity index (χ1v) is 9.89. The Morgan fingerprint density at radius 3 is 2.48 bits per heavy atom. The number of hydrogen-bond donors (Lipinski definition) is 2. The zero-order valence-electron chi connectivity index (χ0n) is 15.0. The Bertz CT molecular complexity index is 992. The van der Waals surface area contributed by atoms with Gasteiger partial charge in [-0.15, -0.1) is 0 Å². The van der Waals surface area contributed by atoms with Crippen LogP contribution in [0.2, 0.25) is 0 Å². The molecule has 156 valence electrons. The van der Waals surface area contributed by atoms with E-state index in [4.69, 9.17) is 4.74 Å². The Kier molecular flexibility index (Phi) is 6.10. The van der Waals surface area contributed by atoms with Crippen LogP contribution in [0.3, 0.4) is 0 Å². The van der Waals surface area contributed by atoms with Gasteiger partial charge in [0.1, 0.15) is 12.4 Å². The number of fused-ring (bicyclic) bond motifs is 1. The van der Waals surface area contributed by atoms with Crippen molar-refractivity contribution in [2.24, 2.45) is 0 Å². The normalized spacial score (nSPS) is 14.1. The maximum Gasteiger partial charge on any atom is 0.411 e. The van der Waals surface area contributed by atoms with Gasteiger partial charge in [0.25, 0.3) is 5.91 Å². The van der Waals surface area contributed by atoms with Crippen LogP contribution in [0.25, 0.3) is 0 Å². The number of carbonyl (C=O) groups excluding carboxylic acids is 1. The van der Waals surface area contributed by atoms with Crippen molar-refractivity contribution >= 4 is 21.6 Å². The second kappa shape index (κ2) is 8.39. The highest BCUT2D eigenvalue weighted by Gasteiger charge is 2.27. The number of amides is 1. The Labute approximate surface area is 164 Å². The number of anilines is 1. The molecule has 0 radical (unpaired) electrons. The summed E-state index contributed by atoms with van der Waals surface area (Å²) in [5.74, 6) is 0.00573. The van der Waals surface area contributed by atoms with E-state index in [-0.39, 0.29) is 36.2 Å². The van der Waals surface area contributed by atoms with Gasteiger partial charge in [-0.1, -0.05) is 24.3 Å². The van der Waals surface area contributed by atoms with Gasteiger partial charge in [0.15, 0.2) is 6.61 Å². The third kappa shape index (κ3) is 5.92. The summed E-state index contributed by atoms with van der Waals surface area (Å²) in [6, 6.07) is 10.4. The molecule has 1 aliphatic heterocycles. The van der Waals surface area contributed by atoms with Crippen molar-refractivity contribution in [2.75, 3.05) is 18.5 Å². The lowest BCUT2D eigenvalue weighted by Crippen LogP contribution is -2.27. The van der Waals surface area contributed by atoms with Crippen LogP contribution >= 0.6 is 0 Å². The molecule has 3 rings (SSSR count). The molecule has 1 amide bonds. The van der Waals surface area contributed by atoms with E-state index in [2.05, 4.69) is 14.8 Å². The predicted molar refractivity (Wildman–Crippen MR) is 96.7 cm³/mol. The van der Waals surface area contributed by atoms with Gasteiger partial charge in [-0.3, -0.25) is 4.79 Å². The maximum atomic E-state index is 12.5. The van der Waals surface area contributed by atoms with Gasteiger partial charge in [-0.25, -0.2) is 13.1 Å².